The average molecular weight is 359 g/mol. The second kappa shape index (κ2) is 13.6. The summed E-state index contributed by atoms with van der Waals surface area (Å²) >= 11 is 0. The third kappa shape index (κ3) is 13.3. The van der Waals surface area contributed by atoms with Gasteiger partial charge < -0.3 is 24.6 Å². The number of hydrogen-bond donors (Lipinski definition) is 2. The van der Waals surface area contributed by atoms with E-state index in [2.05, 4.69) is 6.92 Å². The lowest BCUT2D eigenvalue weighted by Gasteiger charge is -2.36. The Morgan fingerprint density at radius 1 is 0.720 bits per heavy atom. The van der Waals surface area contributed by atoms with Crippen LogP contribution in [-0.2, 0) is 14.4 Å². The van der Waals surface area contributed by atoms with E-state index in [1.54, 1.807) is 0 Å². The molecule has 0 radical (unpaired) electrons. The lowest BCUT2D eigenvalue weighted by Crippen LogP contribution is -2.59. The van der Waals surface area contributed by atoms with Crippen molar-refractivity contribution in [2.24, 2.45) is 0 Å². The molecule has 0 saturated heterocycles. The minimum atomic E-state index is -1.42. The van der Waals surface area contributed by atoms with Crippen molar-refractivity contribution in [1.82, 2.24) is 0 Å². The zero-order chi connectivity index (χ0) is 19.1. The van der Waals surface area contributed by atoms with Gasteiger partial charge >= 0.3 is 11.9 Å². The van der Waals surface area contributed by atoms with Gasteiger partial charge in [0.05, 0.1) is 12.5 Å². The molecule has 0 saturated carbocycles. The molecular formula is C18H33NO6. The average Bonchev–Trinajstić information content (AvgIpc) is 2.47. The maximum absolute atomic E-state index is 11.0. The molecule has 0 amide bonds. The van der Waals surface area contributed by atoms with Gasteiger partial charge in [0, 0.05) is 0 Å². The van der Waals surface area contributed by atoms with E-state index < -0.39 is 42.0 Å². The SMILES string of the molecule is CCCCCCCCCCCC[N+](CC(=O)[O-])(CC(=O)O)CC(=O)O. The van der Waals surface area contributed by atoms with Gasteiger partial charge in [-0.3, -0.25) is 0 Å². The van der Waals surface area contributed by atoms with E-state index in [1.807, 2.05) is 0 Å². The smallest absolute Gasteiger partial charge is 0.359 e. The first-order valence-corrected chi connectivity index (χ1v) is 9.30. The first-order valence-electron chi connectivity index (χ1n) is 9.30. The molecule has 0 bridgehead atoms. The van der Waals surface area contributed by atoms with Crippen molar-refractivity contribution in [3.8, 4) is 0 Å². The standard InChI is InChI=1S/C18H33NO6/c1-2-3-4-5-6-7-8-9-10-11-12-19(13-16(20)21,14-17(22)23)15-18(24)25/h2-15H2,1H3,(H2-,20,21,22,23,24,25). The van der Waals surface area contributed by atoms with Gasteiger partial charge in [-0.15, -0.1) is 0 Å². The summed E-state index contributed by atoms with van der Waals surface area (Å²) in [6, 6.07) is 0. The normalized spacial score (nSPS) is 11.4. The molecule has 7 heteroatoms. The van der Waals surface area contributed by atoms with Crippen LogP contribution in [0.1, 0.15) is 71.1 Å². The van der Waals surface area contributed by atoms with Gasteiger partial charge in [-0.1, -0.05) is 58.3 Å². The molecule has 0 aliphatic rings. The van der Waals surface area contributed by atoms with Crippen LogP contribution in [0.5, 0.6) is 0 Å². The fraction of sp³-hybridized carbons (Fsp3) is 0.833. The fourth-order valence-corrected chi connectivity index (χ4v) is 3.19. The molecule has 0 aliphatic carbocycles. The summed E-state index contributed by atoms with van der Waals surface area (Å²) in [5, 5.41) is 29.0. The number of hydrogen-bond acceptors (Lipinski definition) is 4. The predicted molar refractivity (Wildman–Crippen MR) is 91.9 cm³/mol. The van der Waals surface area contributed by atoms with Gasteiger partial charge in [0.15, 0.2) is 13.1 Å². The van der Waals surface area contributed by atoms with Gasteiger partial charge in [0.2, 0.25) is 0 Å². The Bertz CT molecular complexity index is 370. The summed E-state index contributed by atoms with van der Waals surface area (Å²) in [4.78, 5) is 33.0. The van der Waals surface area contributed by atoms with Gasteiger partial charge in [-0.2, -0.15) is 0 Å². The Morgan fingerprint density at radius 3 is 1.48 bits per heavy atom. The first-order chi connectivity index (χ1) is 11.8. The van der Waals surface area contributed by atoms with Crippen LogP contribution >= 0.6 is 0 Å². The van der Waals surface area contributed by atoms with E-state index in [9.17, 15) is 19.5 Å². The first kappa shape index (κ1) is 23.4. The van der Waals surface area contributed by atoms with Crippen molar-refractivity contribution >= 4 is 17.9 Å². The van der Waals surface area contributed by atoms with Crippen molar-refractivity contribution in [2.45, 2.75) is 71.1 Å². The number of rotatable bonds is 17. The van der Waals surface area contributed by atoms with Gasteiger partial charge in [0.25, 0.3) is 0 Å². The molecule has 0 atom stereocenters. The third-order valence-electron chi connectivity index (χ3n) is 4.39. The monoisotopic (exact) mass is 359 g/mol. The minimum absolute atomic E-state index is 0.225. The molecule has 2 N–H and O–H groups in total. The second-order valence-corrected chi connectivity index (χ2v) is 6.88. The molecule has 0 aromatic rings. The molecule has 0 unspecified atom stereocenters. The highest BCUT2D eigenvalue weighted by Gasteiger charge is 2.33. The number of quaternary nitrogens is 1. The zero-order valence-electron chi connectivity index (χ0n) is 15.4. The van der Waals surface area contributed by atoms with Crippen molar-refractivity contribution in [1.29, 1.82) is 0 Å². The quantitative estimate of drug-likeness (QED) is 0.301. The van der Waals surface area contributed by atoms with E-state index in [-0.39, 0.29) is 6.54 Å². The van der Waals surface area contributed by atoms with E-state index in [0.717, 1.165) is 19.3 Å². The molecule has 0 aliphatic heterocycles. The molecule has 146 valence electrons. The van der Waals surface area contributed by atoms with E-state index >= 15 is 0 Å². The number of carbonyl (C=O) groups excluding carboxylic acids is 1. The molecule has 0 fully saturated rings. The topological polar surface area (TPSA) is 115 Å². The summed E-state index contributed by atoms with van der Waals surface area (Å²) in [5.41, 5.74) is 0. The molecule has 7 nitrogen and oxygen atoms in total. The number of carboxylic acids is 3. The maximum Gasteiger partial charge on any atom is 0.359 e. The number of aliphatic carboxylic acids is 3. The van der Waals surface area contributed by atoms with Crippen LogP contribution in [0.15, 0.2) is 0 Å². The Labute approximate surface area is 150 Å². The van der Waals surface area contributed by atoms with Crippen LogP contribution in [0.3, 0.4) is 0 Å². The molecule has 0 rings (SSSR count). The molecule has 0 aromatic heterocycles. The number of unbranched alkanes of at least 4 members (excludes halogenated alkanes) is 9. The highest BCUT2D eigenvalue weighted by molar-refractivity contribution is 5.72. The van der Waals surface area contributed by atoms with Crippen LogP contribution in [0.25, 0.3) is 0 Å². The Balaban J connectivity index is 4.22. The summed E-state index contributed by atoms with van der Waals surface area (Å²) in [7, 11) is 0. The third-order valence-corrected chi connectivity index (χ3v) is 4.39. The van der Waals surface area contributed by atoms with Crippen LogP contribution in [0, 0.1) is 0 Å². The van der Waals surface area contributed by atoms with E-state index in [1.165, 1.54) is 38.5 Å². The number of carbonyl (C=O) groups is 3. The largest absolute Gasteiger partial charge is 0.544 e. The Hall–Kier alpha value is -1.63. The molecule has 0 aromatic carbocycles. The molecule has 0 spiro atoms. The summed E-state index contributed by atoms with van der Waals surface area (Å²) < 4.78 is -0.496. The minimum Gasteiger partial charge on any atom is -0.544 e. The predicted octanol–water partition coefficient (Wildman–Crippen LogP) is 1.64. The van der Waals surface area contributed by atoms with Crippen LogP contribution in [0.4, 0.5) is 0 Å². The number of nitrogens with zero attached hydrogens (tertiary/aromatic N) is 1. The van der Waals surface area contributed by atoms with Crippen LogP contribution in [0.2, 0.25) is 0 Å². The van der Waals surface area contributed by atoms with Crippen molar-refractivity contribution in [2.75, 3.05) is 26.2 Å². The molecule has 0 heterocycles. The summed E-state index contributed by atoms with van der Waals surface area (Å²) in [5.74, 6) is -3.82. The highest BCUT2D eigenvalue weighted by atomic mass is 16.4. The van der Waals surface area contributed by atoms with Crippen LogP contribution < -0.4 is 5.11 Å². The lowest BCUT2D eigenvalue weighted by molar-refractivity contribution is -0.909. The van der Waals surface area contributed by atoms with E-state index in [4.69, 9.17) is 10.2 Å². The zero-order valence-corrected chi connectivity index (χ0v) is 15.4. The highest BCUT2D eigenvalue weighted by Crippen LogP contribution is 2.14. The number of carboxylic acid groups (broad SMARTS) is 3. The molecular weight excluding hydrogens is 326 g/mol. The lowest BCUT2D eigenvalue weighted by atomic mass is 10.1. The Kier molecular flexibility index (Phi) is 12.7. The van der Waals surface area contributed by atoms with Crippen molar-refractivity contribution in [3.05, 3.63) is 0 Å². The molecule has 25 heavy (non-hydrogen) atoms. The van der Waals surface area contributed by atoms with Crippen molar-refractivity contribution in [3.63, 3.8) is 0 Å². The maximum atomic E-state index is 11.0. The van der Waals surface area contributed by atoms with Gasteiger partial charge in [-0.05, 0) is 12.8 Å². The van der Waals surface area contributed by atoms with E-state index in [0.29, 0.717) is 6.42 Å². The fourth-order valence-electron chi connectivity index (χ4n) is 3.19. The van der Waals surface area contributed by atoms with Crippen LogP contribution in [-0.4, -0.2) is 58.8 Å². The summed E-state index contributed by atoms with van der Waals surface area (Å²) in [6.07, 6.45) is 11.0. The van der Waals surface area contributed by atoms with Gasteiger partial charge in [-0.25, -0.2) is 9.59 Å². The van der Waals surface area contributed by atoms with Gasteiger partial charge in [0.1, 0.15) is 6.54 Å². The summed E-state index contributed by atoms with van der Waals surface area (Å²) in [6.45, 7) is 0.794. The second-order valence-electron chi connectivity index (χ2n) is 6.88. The van der Waals surface area contributed by atoms with Crippen molar-refractivity contribution < 1.29 is 34.2 Å². The Morgan fingerprint density at radius 2 is 1.12 bits per heavy atom.